The van der Waals surface area contributed by atoms with Crippen LogP contribution in [0.25, 0.3) is 11.1 Å². The lowest BCUT2D eigenvalue weighted by molar-refractivity contribution is 0.102. The molecule has 0 saturated carbocycles. The average molecular weight is 342 g/mol. The highest BCUT2D eigenvalue weighted by Crippen LogP contribution is 2.32. The number of aryl methyl sites for hydroxylation is 3. The van der Waals surface area contributed by atoms with E-state index in [9.17, 15) is 4.79 Å². The van der Waals surface area contributed by atoms with Gasteiger partial charge in [-0.05, 0) is 31.5 Å². The van der Waals surface area contributed by atoms with E-state index in [0.29, 0.717) is 10.7 Å². The Morgan fingerprint density at radius 3 is 2.50 bits per heavy atom. The van der Waals surface area contributed by atoms with E-state index in [1.807, 2.05) is 45.2 Å². The van der Waals surface area contributed by atoms with Crippen LogP contribution in [0.2, 0.25) is 0 Å². The van der Waals surface area contributed by atoms with Gasteiger partial charge in [-0.1, -0.05) is 12.1 Å². The number of anilines is 1. The van der Waals surface area contributed by atoms with Gasteiger partial charge in [-0.3, -0.25) is 9.48 Å². The summed E-state index contributed by atoms with van der Waals surface area (Å²) in [7, 11) is 3.45. The van der Waals surface area contributed by atoms with Crippen molar-refractivity contribution in [3.63, 3.8) is 0 Å². The minimum Gasteiger partial charge on any atom is -0.497 e. The largest absolute Gasteiger partial charge is 0.497 e. The summed E-state index contributed by atoms with van der Waals surface area (Å²) in [6, 6.07) is 7.69. The monoisotopic (exact) mass is 342 g/mol. The minimum atomic E-state index is -0.173. The highest BCUT2D eigenvalue weighted by Gasteiger charge is 2.20. The Kier molecular flexibility index (Phi) is 4.35. The van der Waals surface area contributed by atoms with Gasteiger partial charge in [0.1, 0.15) is 16.4 Å². The summed E-state index contributed by atoms with van der Waals surface area (Å²) in [6.07, 6.45) is 0. The number of aromatic nitrogens is 3. The molecule has 3 rings (SSSR count). The maximum Gasteiger partial charge on any atom is 0.268 e. The van der Waals surface area contributed by atoms with Crippen LogP contribution in [-0.4, -0.2) is 27.8 Å². The second-order valence-electron chi connectivity index (χ2n) is 5.38. The molecule has 0 saturated heterocycles. The van der Waals surface area contributed by atoms with E-state index in [0.717, 1.165) is 28.3 Å². The maximum absolute atomic E-state index is 12.5. The van der Waals surface area contributed by atoms with Gasteiger partial charge >= 0.3 is 0 Å². The third kappa shape index (κ3) is 2.90. The van der Waals surface area contributed by atoms with E-state index < -0.39 is 0 Å². The summed E-state index contributed by atoms with van der Waals surface area (Å²) in [5.41, 5.74) is 5.11. The van der Waals surface area contributed by atoms with E-state index in [1.54, 1.807) is 17.3 Å². The SMILES string of the molecule is COc1ccc(-c2c(C)nn(C)c2NC(=O)c2scnc2C)cc1. The highest BCUT2D eigenvalue weighted by atomic mass is 32.1. The fourth-order valence-electron chi connectivity index (χ4n) is 2.59. The number of rotatable bonds is 4. The molecule has 0 atom stereocenters. The predicted octanol–water partition coefficient (Wildman–Crippen LogP) is 3.42. The van der Waals surface area contributed by atoms with Gasteiger partial charge < -0.3 is 10.1 Å². The summed E-state index contributed by atoms with van der Waals surface area (Å²) in [4.78, 5) is 17.3. The highest BCUT2D eigenvalue weighted by molar-refractivity contribution is 7.12. The zero-order valence-electron chi connectivity index (χ0n) is 14.0. The number of carbonyl (C=O) groups is 1. The van der Waals surface area contributed by atoms with Crippen molar-refractivity contribution >= 4 is 23.1 Å². The van der Waals surface area contributed by atoms with Crippen molar-refractivity contribution in [2.24, 2.45) is 7.05 Å². The van der Waals surface area contributed by atoms with Gasteiger partial charge in [-0.25, -0.2) is 4.98 Å². The number of nitrogens with one attached hydrogen (secondary N) is 1. The Labute approximate surface area is 144 Å². The van der Waals surface area contributed by atoms with E-state index in [2.05, 4.69) is 15.4 Å². The number of amides is 1. The van der Waals surface area contributed by atoms with Crippen molar-refractivity contribution in [3.05, 3.63) is 46.0 Å². The molecule has 124 valence electrons. The summed E-state index contributed by atoms with van der Waals surface area (Å²) in [6.45, 7) is 3.75. The van der Waals surface area contributed by atoms with E-state index >= 15 is 0 Å². The fraction of sp³-hybridized carbons (Fsp3) is 0.235. The fourth-order valence-corrected chi connectivity index (χ4v) is 3.29. The lowest BCUT2D eigenvalue weighted by Crippen LogP contribution is -2.15. The molecule has 0 radical (unpaired) electrons. The van der Waals surface area contributed by atoms with Crippen molar-refractivity contribution < 1.29 is 9.53 Å². The normalized spacial score (nSPS) is 10.7. The first kappa shape index (κ1) is 16.2. The average Bonchev–Trinajstić information content (AvgIpc) is 3.11. The van der Waals surface area contributed by atoms with Crippen molar-refractivity contribution in [2.75, 3.05) is 12.4 Å². The molecule has 0 aliphatic rings. The number of ether oxygens (including phenoxy) is 1. The summed E-state index contributed by atoms with van der Waals surface area (Å²) in [5, 5.41) is 7.42. The molecule has 3 aromatic rings. The van der Waals surface area contributed by atoms with Gasteiger partial charge in [-0.15, -0.1) is 11.3 Å². The van der Waals surface area contributed by atoms with Crippen LogP contribution in [0.4, 0.5) is 5.82 Å². The van der Waals surface area contributed by atoms with Crippen molar-refractivity contribution in [1.29, 1.82) is 0 Å². The van der Waals surface area contributed by atoms with Crippen LogP contribution in [0.5, 0.6) is 5.75 Å². The Hall–Kier alpha value is -2.67. The van der Waals surface area contributed by atoms with Crippen LogP contribution in [0.15, 0.2) is 29.8 Å². The van der Waals surface area contributed by atoms with Crippen molar-refractivity contribution in [1.82, 2.24) is 14.8 Å². The summed E-state index contributed by atoms with van der Waals surface area (Å²) < 4.78 is 6.88. The Morgan fingerprint density at radius 2 is 1.92 bits per heavy atom. The molecule has 0 unspecified atom stereocenters. The lowest BCUT2D eigenvalue weighted by atomic mass is 10.1. The number of nitrogens with zero attached hydrogens (tertiary/aromatic N) is 3. The second-order valence-corrected chi connectivity index (χ2v) is 6.24. The van der Waals surface area contributed by atoms with Crippen molar-refractivity contribution in [3.8, 4) is 16.9 Å². The van der Waals surface area contributed by atoms with Crippen molar-refractivity contribution in [2.45, 2.75) is 13.8 Å². The molecular formula is C17H18N4O2S. The first-order chi connectivity index (χ1) is 11.5. The van der Waals surface area contributed by atoms with E-state index in [1.165, 1.54) is 11.3 Å². The number of carbonyl (C=O) groups excluding carboxylic acids is 1. The van der Waals surface area contributed by atoms with Gasteiger partial charge in [0.15, 0.2) is 0 Å². The molecule has 6 nitrogen and oxygen atoms in total. The van der Waals surface area contributed by atoms with Gasteiger partial charge in [-0.2, -0.15) is 5.10 Å². The number of benzene rings is 1. The lowest BCUT2D eigenvalue weighted by Gasteiger charge is -2.09. The van der Waals surface area contributed by atoms with Gasteiger partial charge in [0.25, 0.3) is 5.91 Å². The van der Waals surface area contributed by atoms with E-state index in [-0.39, 0.29) is 5.91 Å². The molecule has 1 aromatic carbocycles. The molecule has 0 bridgehead atoms. The molecule has 0 spiro atoms. The van der Waals surface area contributed by atoms with Gasteiger partial charge in [0.2, 0.25) is 0 Å². The minimum absolute atomic E-state index is 0.173. The molecule has 2 heterocycles. The second kappa shape index (κ2) is 6.45. The molecule has 1 amide bonds. The van der Waals surface area contributed by atoms with Gasteiger partial charge in [0.05, 0.1) is 24.0 Å². The first-order valence-electron chi connectivity index (χ1n) is 7.40. The zero-order valence-corrected chi connectivity index (χ0v) is 14.8. The molecule has 0 aliphatic carbocycles. The van der Waals surface area contributed by atoms with Crippen LogP contribution in [-0.2, 0) is 7.05 Å². The Bertz CT molecular complexity index is 881. The van der Waals surface area contributed by atoms with Crippen LogP contribution in [0.1, 0.15) is 21.1 Å². The standard InChI is InChI=1S/C17H18N4O2S/c1-10-14(12-5-7-13(23-4)8-6-12)16(21(3)20-10)19-17(22)15-11(2)18-9-24-15/h5-9H,1-4H3,(H,19,22). The van der Waals surface area contributed by atoms with Crippen LogP contribution >= 0.6 is 11.3 Å². The summed E-state index contributed by atoms with van der Waals surface area (Å²) in [5.74, 6) is 1.27. The maximum atomic E-state index is 12.5. The Morgan fingerprint density at radius 1 is 1.21 bits per heavy atom. The summed E-state index contributed by atoms with van der Waals surface area (Å²) >= 11 is 1.33. The number of methoxy groups -OCH3 is 1. The molecule has 0 fully saturated rings. The molecular weight excluding hydrogens is 324 g/mol. The first-order valence-corrected chi connectivity index (χ1v) is 8.28. The molecule has 1 N–H and O–H groups in total. The third-order valence-electron chi connectivity index (χ3n) is 3.78. The molecule has 2 aromatic heterocycles. The topological polar surface area (TPSA) is 69.0 Å². The van der Waals surface area contributed by atoms with E-state index in [4.69, 9.17) is 4.74 Å². The number of hydrogen-bond acceptors (Lipinski definition) is 5. The van der Waals surface area contributed by atoms with Gasteiger partial charge in [0, 0.05) is 12.6 Å². The predicted molar refractivity (Wildman–Crippen MR) is 94.7 cm³/mol. The van der Waals surface area contributed by atoms with Crippen LogP contribution in [0, 0.1) is 13.8 Å². The quantitative estimate of drug-likeness (QED) is 0.789. The smallest absolute Gasteiger partial charge is 0.268 e. The number of hydrogen-bond donors (Lipinski definition) is 1. The van der Waals surface area contributed by atoms with Crippen LogP contribution in [0.3, 0.4) is 0 Å². The molecule has 0 aliphatic heterocycles. The molecule has 7 heteroatoms. The number of thiazole rings is 1. The molecule has 24 heavy (non-hydrogen) atoms. The third-order valence-corrected chi connectivity index (χ3v) is 4.71. The zero-order chi connectivity index (χ0) is 17.3. The Balaban J connectivity index is 1.99. The van der Waals surface area contributed by atoms with Crippen LogP contribution < -0.4 is 10.1 Å².